The molecule has 5 rings (SSSR count). The molecular weight excluding hydrogens is 420 g/mol. The molecule has 1 saturated heterocycles. The van der Waals surface area contributed by atoms with Crippen molar-refractivity contribution in [2.45, 2.75) is 13.2 Å². The van der Waals surface area contributed by atoms with Crippen molar-refractivity contribution >= 4 is 5.91 Å². The molecule has 8 nitrogen and oxygen atoms in total. The van der Waals surface area contributed by atoms with Gasteiger partial charge < -0.3 is 18.6 Å². The highest BCUT2D eigenvalue weighted by Gasteiger charge is 2.24. The average Bonchev–Trinajstić information content (AvgIpc) is 3.57. The van der Waals surface area contributed by atoms with Gasteiger partial charge in [0.15, 0.2) is 5.76 Å². The average molecular weight is 444 g/mol. The van der Waals surface area contributed by atoms with Gasteiger partial charge in [-0.1, -0.05) is 35.5 Å². The van der Waals surface area contributed by atoms with Crippen LogP contribution in [-0.2, 0) is 13.2 Å². The Labute approximate surface area is 191 Å². The van der Waals surface area contributed by atoms with Crippen LogP contribution in [0.2, 0.25) is 0 Å². The first kappa shape index (κ1) is 21.0. The Bertz CT molecular complexity index is 1160. The van der Waals surface area contributed by atoms with Crippen molar-refractivity contribution in [3.8, 4) is 17.1 Å². The molecule has 0 atom stereocenters. The first-order valence-electron chi connectivity index (χ1n) is 10.9. The number of piperazine rings is 1. The summed E-state index contributed by atoms with van der Waals surface area (Å²) in [4.78, 5) is 20.9. The third-order valence-electron chi connectivity index (χ3n) is 5.58. The van der Waals surface area contributed by atoms with E-state index in [1.807, 2.05) is 54.6 Å². The molecule has 8 heteroatoms. The fraction of sp³-hybridized carbons (Fsp3) is 0.240. The van der Waals surface area contributed by atoms with Crippen LogP contribution in [0.3, 0.4) is 0 Å². The molecule has 1 fully saturated rings. The number of aromatic nitrogens is 2. The fourth-order valence-corrected chi connectivity index (χ4v) is 3.73. The third-order valence-corrected chi connectivity index (χ3v) is 5.58. The SMILES string of the molecule is O=C(c1ccco1)N1CCN(Cc2nc(-c3ccc(OCc4ccccc4)cc3)no2)CC1. The summed E-state index contributed by atoms with van der Waals surface area (Å²) >= 11 is 0. The summed E-state index contributed by atoms with van der Waals surface area (Å²) in [6.07, 6.45) is 1.52. The zero-order chi connectivity index (χ0) is 22.5. The van der Waals surface area contributed by atoms with Crippen LogP contribution in [0, 0.1) is 0 Å². The number of amides is 1. The standard InChI is InChI=1S/C25H24N4O4/c30-25(22-7-4-16-31-22)29-14-12-28(13-15-29)17-23-26-24(27-33-23)20-8-10-21(11-9-20)32-18-19-5-2-1-3-6-19/h1-11,16H,12-15,17-18H2. The van der Waals surface area contributed by atoms with Gasteiger partial charge in [0, 0.05) is 31.7 Å². The Morgan fingerprint density at radius 3 is 2.45 bits per heavy atom. The van der Waals surface area contributed by atoms with Crippen LogP contribution in [0.5, 0.6) is 5.75 Å². The molecule has 33 heavy (non-hydrogen) atoms. The number of hydrogen-bond donors (Lipinski definition) is 0. The van der Waals surface area contributed by atoms with Crippen molar-refractivity contribution in [3.63, 3.8) is 0 Å². The van der Waals surface area contributed by atoms with Crippen LogP contribution in [0.1, 0.15) is 22.0 Å². The Balaban J connectivity index is 1.13. The molecule has 0 bridgehead atoms. The Morgan fingerprint density at radius 1 is 0.939 bits per heavy atom. The number of rotatable bonds is 7. The van der Waals surface area contributed by atoms with Crippen LogP contribution >= 0.6 is 0 Å². The van der Waals surface area contributed by atoms with Crippen molar-refractivity contribution in [3.05, 3.63) is 90.2 Å². The highest BCUT2D eigenvalue weighted by atomic mass is 16.5. The Kier molecular flexibility index (Phi) is 6.16. The van der Waals surface area contributed by atoms with Crippen LogP contribution < -0.4 is 4.74 Å². The van der Waals surface area contributed by atoms with Gasteiger partial charge >= 0.3 is 0 Å². The van der Waals surface area contributed by atoms with Gasteiger partial charge in [-0.2, -0.15) is 4.98 Å². The number of furan rings is 1. The number of benzene rings is 2. The van der Waals surface area contributed by atoms with Crippen LogP contribution in [0.25, 0.3) is 11.4 Å². The highest BCUT2D eigenvalue weighted by Crippen LogP contribution is 2.21. The molecule has 1 aliphatic rings. The summed E-state index contributed by atoms with van der Waals surface area (Å²) < 4.78 is 16.5. The number of ether oxygens (including phenoxy) is 1. The quantitative estimate of drug-likeness (QED) is 0.428. The molecule has 1 amide bonds. The lowest BCUT2D eigenvalue weighted by atomic mass is 10.2. The second-order valence-electron chi connectivity index (χ2n) is 7.86. The maximum Gasteiger partial charge on any atom is 0.289 e. The van der Waals surface area contributed by atoms with Crippen LogP contribution in [0.4, 0.5) is 0 Å². The molecule has 0 saturated carbocycles. The minimum absolute atomic E-state index is 0.0732. The molecule has 1 aliphatic heterocycles. The van der Waals surface area contributed by atoms with Gasteiger partial charge in [0.1, 0.15) is 12.4 Å². The maximum atomic E-state index is 12.4. The van der Waals surface area contributed by atoms with Crippen LogP contribution in [-0.4, -0.2) is 52.0 Å². The van der Waals surface area contributed by atoms with E-state index in [2.05, 4.69) is 15.0 Å². The number of nitrogens with zero attached hydrogens (tertiary/aromatic N) is 4. The third kappa shape index (κ3) is 5.12. The van der Waals surface area contributed by atoms with Gasteiger partial charge in [-0.25, -0.2) is 0 Å². The first-order chi connectivity index (χ1) is 16.2. The minimum atomic E-state index is -0.0732. The Morgan fingerprint density at radius 2 is 1.73 bits per heavy atom. The largest absolute Gasteiger partial charge is 0.489 e. The van der Waals surface area contributed by atoms with Crippen LogP contribution in [0.15, 0.2) is 81.9 Å². The molecule has 0 spiro atoms. The molecule has 0 radical (unpaired) electrons. The molecule has 0 unspecified atom stereocenters. The van der Waals surface area contributed by atoms with Crippen molar-refractivity contribution in [2.75, 3.05) is 26.2 Å². The van der Waals surface area contributed by atoms with Gasteiger partial charge in [-0.05, 0) is 42.0 Å². The van der Waals surface area contributed by atoms with E-state index in [0.717, 1.165) is 30.0 Å². The zero-order valence-electron chi connectivity index (χ0n) is 18.1. The summed E-state index contributed by atoms with van der Waals surface area (Å²) in [5.74, 6) is 2.19. The molecule has 168 valence electrons. The van der Waals surface area contributed by atoms with Crippen molar-refractivity contribution < 1.29 is 18.5 Å². The van der Waals surface area contributed by atoms with E-state index in [1.54, 1.807) is 17.0 Å². The van der Waals surface area contributed by atoms with Gasteiger partial charge in [0.05, 0.1) is 12.8 Å². The first-order valence-corrected chi connectivity index (χ1v) is 10.9. The summed E-state index contributed by atoms with van der Waals surface area (Å²) in [5.41, 5.74) is 1.99. The lowest BCUT2D eigenvalue weighted by Crippen LogP contribution is -2.48. The van der Waals surface area contributed by atoms with Crippen molar-refractivity contribution in [1.82, 2.24) is 19.9 Å². The normalized spacial score (nSPS) is 14.4. The summed E-state index contributed by atoms with van der Waals surface area (Å²) in [7, 11) is 0. The summed E-state index contributed by atoms with van der Waals surface area (Å²) in [5, 5.41) is 4.12. The zero-order valence-corrected chi connectivity index (χ0v) is 18.1. The van der Waals surface area contributed by atoms with Crippen molar-refractivity contribution in [2.24, 2.45) is 0 Å². The second kappa shape index (κ2) is 9.70. The highest BCUT2D eigenvalue weighted by molar-refractivity contribution is 5.91. The molecule has 0 N–H and O–H groups in total. The predicted octanol–water partition coefficient (Wildman–Crippen LogP) is 3.87. The molecule has 0 aliphatic carbocycles. The van der Waals surface area contributed by atoms with Gasteiger partial charge in [-0.15, -0.1) is 0 Å². The fourth-order valence-electron chi connectivity index (χ4n) is 3.73. The van der Waals surface area contributed by atoms with Gasteiger partial charge in [-0.3, -0.25) is 9.69 Å². The van der Waals surface area contributed by atoms with Gasteiger partial charge in [0.2, 0.25) is 11.7 Å². The lowest BCUT2D eigenvalue weighted by Gasteiger charge is -2.33. The predicted molar refractivity (Wildman–Crippen MR) is 120 cm³/mol. The summed E-state index contributed by atoms with van der Waals surface area (Å²) in [6, 6.07) is 21.1. The molecular formula is C25H24N4O4. The second-order valence-corrected chi connectivity index (χ2v) is 7.86. The maximum absolute atomic E-state index is 12.4. The lowest BCUT2D eigenvalue weighted by molar-refractivity contribution is 0.0585. The van der Waals surface area contributed by atoms with E-state index in [4.69, 9.17) is 13.7 Å². The Hall–Kier alpha value is -3.91. The molecule has 2 aromatic heterocycles. The van der Waals surface area contributed by atoms with E-state index < -0.39 is 0 Å². The minimum Gasteiger partial charge on any atom is -0.489 e. The molecule has 4 aromatic rings. The van der Waals surface area contributed by atoms with Crippen molar-refractivity contribution in [1.29, 1.82) is 0 Å². The number of hydrogen-bond acceptors (Lipinski definition) is 7. The molecule has 3 heterocycles. The smallest absolute Gasteiger partial charge is 0.289 e. The van der Waals surface area contributed by atoms with E-state index in [9.17, 15) is 4.79 Å². The summed E-state index contributed by atoms with van der Waals surface area (Å²) in [6.45, 7) is 3.80. The van der Waals surface area contributed by atoms with Gasteiger partial charge in [0.25, 0.3) is 5.91 Å². The number of carbonyl (C=O) groups excluding carboxylic acids is 1. The topological polar surface area (TPSA) is 84.8 Å². The molecule has 2 aromatic carbocycles. The monoisotopic (exact) mass is 444 g/mol. The number of carbonyl (C=O) groups is 1. The van der Waals surface area contributed by atoms with E-state index in [0.29, 0.717) is 43.7 Å². The van der Waals surface area contributed by atoms with E-state index in [1.165, 1.54) is 6.26 Å². The van der Waals surface area contributed by atoms with E-state index in [-0.39, 0.29) is 5.91 Å². The van der Waals surface area contributed by atoms with E-state index >= 15 is 0 Å².